The Morgan fingerprint density at radius 1 is 1.23 bits per heavy atom. The van der Waals surface area contributed by atoms with E-state index < -0.39 is 0 Å². The maximum Gasteiger partial charge on any atom is 0.159 e. The monoisotopic (exact) mass is 296 g/mol. The number of aromatic nitrogens is 2. The highest BCUT2D eigenvalue weighted by Gasteiger charge is 2.18. The lowest BCUT2D eigenvalue weighted by atomic mass is 10.0. The summed E-state index contributed by atoms with van der Waals surface area (Å²) in [5.41, 5.74) is 10.0. The van der Waals surface area contributed by atoms with Gasteiger partial charge in [0.25, 0.3) is 0 Å². The Morgan fingerprint density at radius 2 is 2.00 bits per heavy atom. The van der Waals surface area contributed by atoms with Gasteiger partial charge in [-0.2, -0.15) is 0 Å². The highest BCUT2D eigenvalue weighted by atomic mass is 15.1. The van der Waals surface area contributed by atoms with Crippen LogP contribution in [0.4, 0.5) is 5.69 Å². The van der Waals surface area contributed by atoms with Crippen molar-refractivity contribution in [2.75, 3.05) is 18.8 Å². The molecular weight excluding hydrogens is 272 g/mol. The molecule has 1 aliphatic rings. The van der Waals surface area contributed by atoms with Gasteiger partial charge in [0, 0.05) is 30.5 Å². The molecule has 4 heteroatoms. The second kappa shape index (κ2) is 6.44. The van der Waals surface area contributed by atoms with Crippen molar-refractivity contribution >= 4 is 5.69 Å². The van der Waals surface area contributed by atoms with Crippen LogP contribution in [0.15, 0.2) is 30.5 Å². The first-order valence-electron chi connectivity index (χ1n) is 8.05. The van der Waals surface area contributed by atoms with Crippen LogP contribution in [-0.2, 0) is 13.0 Å². The van der Waals surface area contributed by atoms with Crippen LogP contribution in [-0.4, -0.2) is 28.0 Å². The minimum absolute atomic E-state index is 0.747. The molecule has 0 amide bonds. The quantitative estimate of drug-likeness (QED) is 0.881. The number of nitrogens with zero attached hydrogens (tertiary/aromatic N) is 3. The first-order valence-corrected chi connectivity index (χ1v) is 8.05. The van der Waals surface area contributed by atoms with Gasteiger partial charge in [-0.25, -0.2) is 9.97 Å². The Balaban J connectivity index is 1.78. The molecule has 0 aliphatic carbocycles. The zero-order valence-electron chi connectivity index (χ0n) is 13.4. The van der Waals surface area contributed by atoms with E-state index in [2.05, 4.69) is 23.7 Å². The van der Waals surface area contributed by atoms with E-state index in [1.807, 2.05) is 30.5 Å². The Labute approximate surface area is 132 Å². The summed E-state index contributed by atoms with van der Waals surface area (Å²) in [6.07, 6.45) is 4.29. The van der Waals surface area contributed by atoms with Gasteiger partial charge in [0.1, 0.15) is 0 Å². The number of rotatable bonds is 4. The second-order valence-electron chi connectivity index (χ2n) is 6.50. The van der Waals surface area contributed by atoms with Crippen molar-refractivity contribution in [2.45, 2.75) is 33.2 Å². The third-order valence-corrected chi connectivity index (χ3v) is 4.22. The molecule has 22 heavy (non-hydrogen) atoms. The Bertz CT molecular complexity index is 634. The van der Waals surface area contributed by atoms with E-state index in [-0.39, 0.29) is 0 Å². The van der Waals surface area contributed by atoms with E-state index in [0.717, 1.165) is 49.0 Å². The maximum absolute atomic E-state index is 5.74. The van der Waals surface area contributed by atoms with E-state index in [0.29, 0.717) is 0 Å². The van der Waals surface area contributed by atoms with E-state index in [1.54, 1.807) is 0 Å². The van der Waals surface area contributed by atoms with Gasteiger partial charge < -0.3 is 5.73 Å². The van der Waals surface area contributed by atoms with Crippen molar-refractivity contribution in [3.05, 3.63) is 41.7 Å². The summed E-state index contributed by atoms with van der Waals surface area (Å²) in [5, 5.41) is 0. The average molecular weight is 296 g/mol. The van der Waals surface area contributed by atoms with Gasteiger partial charge in [0.2, 0.25) is 0 Å². The fourth-order valence-electron chi connectivity index (χ4n) is 2.76. The molecule has 2 N–H and O–H groups in total. The highest BCUT2D eigenvalue weighted by molar-refractivity contribution is 5.58. The summed E-state index contributed by atoms with van der Waals surface area (Å²) in [6.45, 7) is 7.76. The molecule has 0 radical (unpaired) electrons. The van der Waals surface area contributed by atoms with E-state index in [4.69, 9.17) is 10.7 Å². The first-order chi connectivity index (χ1) is 10.6. The molecule has 1 aliphatic heterocycles. The van der Waals surface area contributed by atoms with Crippen molar-refractivity contribution < 1.29 is 0 Å². The Kier molecular flexibility index (Phi) is 4.39. The molecule has 3 rings (SSSR count). The smallest absolute Gasteiger partial charge is 0.159 e. The number of hydrogen-bond acceptors (Lipinski definition) is 4. The van der Waals surface area contributed by atoms with E-state index in [9.17, 15) is 0 Å². The molecule has 2 aromatic rings. The number of nitrogen functional groups attached to an aromatic ring is 1. The molecule has 0 bridgehead atoms. The van der Waals surface area contributed by atoms with Crippen LogP contribution in [0.5, 0.6) is 0 Å². The minimum Gasteiger partial charge on any atom is -0.399 e. The third-order valence-electron chi connectivity index (χ3n) is 4.22. The van der Waals surface area contributed by atoms with Crippen LogP contribution in [0.25, 0.3) is 11.4 Å². The number of benzene rings is 1. The van der Waals surface area contributed by atoms with Crippen LogP contribution in [0.2, 0.25) is 0 Å². The average Bonchev–Trinajstić information content (AvgIpc) is 2.53. The summed E-state index contributed by atoms with van der Waals surface area (Å²) in [7, 11) is 0. The lowest BCUT2D eigenvalue weighted by Crippen LogP contribution is -2.32. The molecule has 0 fully saturated rings. The van der Waals surface area contributed by atoms with Gasteiger partial charge in [-0.05, 0) is 55.1 Å². The summed E-state index contributed by atoms with van der Waals surface area (Å²) < 4.78 is 0. The number of nitrogens with two attached hydrogens (primary N) is 1. The fourth-order valence-corrected chi connectivity index (χ4v) is 2.76. The SMILES string of the molecule is CC(C)CCN1CCc2cnc(-c3ccc(N)cc3)nc2C1. The molecule has 0 saturated heterocycles. The van der Waals surface area contributed by atoms with Crippen molar-refractivity contribution in [1.82, 2.24) is 14.9 Å². The number of hydrogen-bond donors (Lipinski definition) is 1. The minimum atomic E-state index is 0.747. The van der Waals surface area contributed by atoms with Crippen LogP contribution in [0, 0.1) is 5.92 Å². The summed E-state index contributed by atoms with van der Waals surface area (Å²) in [4.78, 5) is 11.8. The topological polar surface area (TPSA) is 55.0 Å². The van der Waals surface area contributed by atoms with Gasteiger partial charge in [-0.3, -0.25) is 4.90 Å². The molecule has 0 saturated carbocycles. The molecule has 0 atom stereocenters. The van der Waals surface area contributed by atoms with Crippen LogP contribution < -0.4 is 5.73 Å². The Hall–Kier alpha value is -1.94. The third kappa shape index (κ3) is 3.45. The van der Waals surface area contributed by atoms with Crippen molar-refractivity contribution in [2.24, 2.45) is 5.92 Å². The zero-order valence-corrected chi connectivity index (χ0v) is 13.4. The lowest BCUT2D eigenvalue weighted by molar-refractivity contribution is 0.235. The highest BCUT2D eigenvalue weighted by Crippen LogP contribution is 2.22. The van der Waals surface area contributed by atoms with Gasteiger partial charge in [-0.15, -0.1) is 0 Å². The normalized spacial score (nSPS) is 15.0. The molecule has 1 aromatic heterocycles. The summed E-state index contributed by atoms with van der Waals surface area (Å²) >= 11 is 0. The zero-order chi connectivity index (χ0) is 15.5. The molecule has 4 nitrogen and oxygen atoms in total. The largest absolute Gasteiger partial charge is 0.399 e. The van der Waals surface area contributed by atoms with Gasteiger partial charge in [0.15, 0.2) is 5.82 Å². The van der Waals surface area contributed by atoms with E-state index in [1.165, 1.54) is 17.7 Å². The Morgan fingerprint density at radius 3 is 2.73 bits per heavy atom. The van der Waals surface area contributed by atoms with Crippen LogP contribution in [0.3, 0.4) is 0 Å². The first kappa shape index (κ1) is 15.0. The van der Waals surface area contributed by atoms with Crippen LogP contribution in [0.1, 0.15) is 31.5 Å². The maximum atomic E-state index is 5.74. The molecule has 1 aromatic carbocycles. The number of fused-ring (bicyclic) bond motifs is 1. The van der Waals surface area contributed by atoms with Crippen molar-refractivity contribution in [1.29, 1.82) is 0 Å². The van der Waals surface area contributed by atoms with E-state index >= 15 is 0 Å². The predicted molar refractivity (Wildman–Crippen MR) is 90.3 cm³/mol. The molecule has 0 spiro atoms. The standard InChI is InChI=1S/C18H24N4/c1-13(2)7-9-22-10-8-15-11-20-18(21-17(15)12-22)14-3-5-16(19)6-4-14/h3-6,11,13H,7-10,12,19H2,1-2H3. The van der Waals surface area contributed by atoms with Crippen LogP contribution >= 0.6 is 0 Å². The molecule has 2 heterocycles. The molecule has 116 valence electrons. The number of anilines is 1. The lowest BCUT2D eigenvalue weighted by Gasteiger charge is -2.28. The summed E-state index contributed by atoms with van der Waals surface area (Å²) in [6, 6.07) is 7.76. The molecular formula is C18H24N4. The van der Waals surface area contributed by atoms with Crippen molar-refractivity contribution in [3.63, 3.8) is 0 Å². The van der Waals surface area contributed by atoms with Crippen molar-refractivity contribution in [3.8, 4) is 11.4 Å². The fraction of sp³-hybridized carbons (Fsp3) is 0.444. The molecule has 0 unspecified atom stereocenters. The van der Waals surface area contributed by atoms with Gasteiger partial charge >= 0.3 is 0 Å². The second-order valence-corrected chi connectivity index (χ2v) is 6.50. The van der Waals surface area contributed by atoms with Gasteiger partial charge in [0.05, 0.1) is 5.69 Å². The summed E-state index contributed by atoms with van der Waals surface area (Å²) in [5.74, 6) is 1.54. The van der Waals surface area contributed by atoms with Gasteiger partial charge in [-0.1, -0.05) is 13.8 Å². The predicted octanol–water partition coefficient (Wildman–Crippen LogP) is 3.13.